The molecule has 0 fully saturated rings. The number of nitrogens with one attached hydrogen (secondary N) is 2. The number of aliphatic hydroxyl groups excluding tert-OH is 1. The number of benzene rings is 2. The van der Waals surface area contributed by atoms with Crippen molar-refractivity contribution in [3.63, 3.8) is 0 Å². The first kappa shape index (κ1) is 15.9. The summed E-state index contributed by atoms with van der Waals surface area (Å²) in [6, 6.07) is 15.1. The molecule has 7 heteroatoms. The molecule has 1 atom stereocenters. The quantitative estimate of drug-likeness (QED) is 0.446. The van der Waals surface area contributed by atoms with Crippen LogP contribution in [0.2, 0.25) is 0 Å². The van der Waals surface area contributed by atoms with Crippen LogP contribution < -0.4 is 10.6 Å². The van der Waals surface area contributed by atoms with E-state index < -0.39 is 4.92 Å². The first-order chi connectivity index (χ1) is 10.6. The summed E-state index contributed by atoms with van der Waals surface area (Å²) in [6.45, 7) is -0.105. The van der Waals surface area contributed by atoms with E-state index in [1.807, 2.05) is 30.3 Å². The maximum atomic E-state index is 10.6. The number of anilines is 1. The molecule has 0 aliphatic carbocycles. The third-order valence-electron chi connectivity index (χ3n) is 3.03. The van der Waals surface area contributed by atoms with E-state index in [0.29, 0.717) is 10.8 Å². The van der Waals surface area contributed by atoms with Gasteiger partial charge in [-0.15, -0.1) is 0 Å². The smallest absolute Gasteiger partial charge is 0.269 e. The second-order valence-corrected chi connectivity index (χ2v) is 4.96. The second kappa shape index (κ2) is 7.48. The third-order valence-corrected chi connectivity index (χ3v) is 3.25. The van der Waals surface area contributed by atoms with Crippen LogP contribution in [0.15, 0.2) is 54.6 Å². The molecule has 22 heavy (non-hydrogen) atoms. The summed E-state index contributed by atoms with van der Waals surface area (Å²) in [7, 11) is 0. The molecular formula is C15H15N3O3S. The molecule has 0 saturated heterocycles. The van der Waals surface area contributed by atoms with Gasteiger partial charge in [0.05, 0.1) is 17.6 Å². The van der Waals surface area contributed by atoms with Gasteiger partial charge in [-0.3, -0.25) is 10.1 Å². The molecule has 6 nitrogen and oxygen atoms in total. The Kier molecular flexibility index (Phi) is 5.40. The molecule has 114 valence electrons. The number of thiocarbonyl (C=S) groups is 1. The Hall–Kier alpha value is -2.51. The summed E-state index contributed by atoms with van der Waals surface area (Å²) in [4.78, 5) is 10.1. The van der Waals surface area contributed by atoms with Crippen molar-refractivity contribution in [3.8, 4) is 0 Å². The zero-order valence-electron chi connectivity index (χ0n) is 11.6. The summed E-state index contributed by atoms with van der Waals surface area (Å²) >= 11 is 5.20. The maximum Gasteiger partial charge on any atom is 0.269 e. The van der Waals surface area contributed by atoms with Gasteiger partial charge in [0, 0.05) is 17.8 Å². The number of non-ortho nitro benzene ring substituents is 1. The van der Waals surface area contributed by atoms with E-state index in [1.54, 1.807) is 12.1 Å². The lowest BCUT2D eigenvalue weighted by Crippen LogP contribution is -2.34. The van der Waals surface area contributed by atoms with Gasteiger partial charge in [-0.25, -0.2) is 0 Å². The highest BCUT2D eigenvalue weighted by Crippen LogP contribution is 2.16. The molecule has 0 amide bonds. The summed E-state index contributed by atoms with van der Waals surface area (Å²) in [5.41, 5.74) is 1.56. The molecule has 2 rings (SSSR count). The summed E-state index contributed by atoms with van der Waals surface area (Å²) in [5, 5.41) is 26.3. The predicted octanol–water partition coefficient (Wildman–Crippen LogP) is 2.61. The van der Waals surface area contributed by atoms with E-state index in [2.05, 4.69) is 10.6 Å². The lowest BCUT2D eigenvalue weighted by atomic mass is 10.1. The van der Waals surface area contributed by atoms with Crippen molar-refractivity contribution in [2.24, 2.45) is 0 Å². The van der Waals surface area contributed by atoms with Gasteiger partial charge in [0.15, 0.2) is 5.11 Å². The van der Waals surface area contributed by atoms with Gasteiger partial charge in [-0.05, 0) is 29.9 Å². The zero-order valence-corrected chi connectivity index (χ0v) is 12.4. The third kappa shape index (κ3) is 4.24. The summed E-state index contributed by atoms with van der Waals surface area (Å²) < 4.78 is 0. The van der Waals surface area contributed by atoms with Crippen LogP contribution in [0.4, 0.5) is 11.4 Å². The van der Waals surface area contributed by atoms with Gasteiger partial charge in [-0.2, -0.15) is 0 Å². The first-order valence-electron chi connectivity index (χ1n) is 6.58. The molecule has 0 saturated carbocycles. The molecule has 2 aromatic rings. The minimum absolute atomic E-state index is 0.0157. The fraction of sp³-hybridized carbons (Fsp3) is 0.133. The molecule has 0 aliphatic heterocycles. The van der Waals surface area contributed by atoms with Crippen molar-refractivity contribution in [3.05, 3.63) is 70.3 Å². The maximum absolute atomic E-state index is 10.6. The highest BCUT2D eigenvalue weighted by atomic mass is 32.1. The highest BCUT2D eigenvalue weighted by molar-refractivity contribution is 7.80. The van der Waals surface area contributed by atoms with Crippen molar-refractivity contribution in [1.29, 1.82) is 0 Å². The van der Waals surface area contributed by atoms with Crippen molar-refractivity contribution in [2.75, 3.05) is 11.9 Å². The lowest BCUT2D eigenvalue weighted by Gasteiger charge is -2.19. The number of rotatable bonds is 5. The second-order valence-electron chi connectivity index (χ2n) is 4.55. The Labute approximate surface area is 132 Å². The van der Waals surface area contributed by atoms with E-state index in [0.717, 1.165) is 5.56 Å². The van der Waals surface area contributed by atoms with Gasteiger partial charge in [-0.1, -0.05) is 30.3 Å². The molecule has 0 aliphatic rings. The standard InChI is InChI=1S/C15H15N3O3S/c19-10-14(11-4-2-1-3-5-11)17-15(22)16-12-6-8-13(9-7-12)18(20)21/h1-9,14,19H,10H2,(H2,16,17,22). The van der Waals surface area contributed by atoms with Crippen molar-refractivity contribution in [2.45, 2.75) is 6.04 Å². The Bertz CT molecular complexity index is 647. The van der Waals surface area contributed by atoms with Gasteiger partial charge >= 0.3 is 0 Å². The predicted molar refractivity (Wildman–Crippen MR) is 88.7 cm³/mol. The molecule has 3 N–H and O–H groups in total. The van der Waals surface area contributed by atoms with Gasteiger partial charge in [0.25, 0.3) is 5.69 Å². The number of nitro benzene ring substituents is 1. The molecule has 0 spiro atoms. The normalized spacial score (nSPS) is 11.5. The fourth-order valence-electron chi connectivity index (χ4n) is 1.91. The fourth-order valence-corrected chi connectivity index (χ4v) is 2.17. The van der Waals surface area contributed by atoms with Crippen LogP contribution in [-0.4, -0.2) is 21.7 Å². The Morgan fingerprint density at radius 3 is 2.36 bits per heavy atom. The molecule has 1 unspecified atom stereocenters. The van der Waals surface area contributed by atoms with Crippen LogP contribution in [0.5, 0.6) is 0 Å². The number of aliphatic hydroxyl groups is 1. The zero-order chi connectivity index (χ0) is 15.9. The van der Waals surface area contributed by atoms with Crippen LogP contribution >= 0.6 is 12.2 Å². The minimum atomic E-state index is -0.461. The van der Waals surface area contributed by atoms with Crippen LogP contribution in [0.25, 0.3) is 0 Å². The van der Waals surface area contributed by atoms with E-state index in [9.17, 15) is 15.2 Å². The summed E-state index contributed by atoms with van der Waals surface area (Å²) in [6.07, 6.45) is 0. The van der Waals surface area contributed by atoms with Crippen molar-refractivity contribution < 1.29 is 10.0 Å². The van der Waals surface area contributed by atoms with Crippen molar-refractivity contribution >= 4 is 28.7 Å². The van der Waals surface area contributed by atoms with E-state index in [1.165, 1.54) is 12.1 Å². The number of nitro groups is 1. The van der Waals surface area contributed by atoms with E-state index >= 15 is 0 Å². The van der Waals surface area contributed by atoms with Crippen LogP contribution in [0.3, 0.4) is 0 Å². The average Bonchev–Trinajstić information content (AvgIpc) is 2.54. The SMILES string of the molecule is O=[N+]([O-])c1ccc(NC(=S)NC(CO)c2ccccc2)cc1. The number of hydrogen-bond donors (Lipinski definition) is 3. The number of hydrogen-bond acceptors (Lipinski definition) is 4. The highest BCUT2D eigenvalue weighted by Gasteiger charge is 2.11. The average molecular weight is 317 g/mol. The largest absolute Gasteiger partial charge is 0.394 e. The monoisotopic (exact) mass is 317 g/mol. The van der Waals surface area contributed by atoms with Gasteiger partial charge in [0.2, 0.25) is 0 Å². The molecule has 0 aromatic heterocycles. The lowest BCUT2D eigenvalue weighted by molar-refractivity contribution is -0.384. The van der Waals surface area contributed by atoms with E-state index in [4.69, 9.17) is 12.2 Å². The van der Waals surface area contributed by atoms with Crippen molar-refractivity contribution in [1.82, 2.24) is 5.32 Å². The minimum Gasteiger partial charge on any atom is -0.394 e. The Morgan fingerprint density at radius 1 is 1.18 bits per heavy atom. The van der Waals surface area contributed by atoms with Gasteiger partial charge in [0.1, 0.15) is 0 Å². The molecular weight excluding hydrogens is 302 g/mol. The molecule has 0 bridgehead atoms. The molecule has 0 heterocycles. The van der Waals surface area contributed by atoms with Crippen LogP contribution in [0, 0.1) is 10.1 Å². The molecule has 0 radical (unpaired) electrons. The summed E-state index contributed by atoms with van der Waals surface area (Å²) in [5.74, 6) is 0. The number of nitrogens with zero attached hydrogens (tertiary/aromatic N) is 1. The van der Waals surface area contributed by atoms with Crippen LogP contribution in [0.1, 0.15) is 11.6 Å². The topological polar surface area (TPSA) is 87.4 Å². The molecule has 2 aromatic carbocycles. The van der Waals surface area contributed by atoms with Crippen LogP contribution in [-0.2, 0) is 0 Å². The first-order valence-corrected chi connectivity index (χ1v) is 6.99. The Morgan fingerprint density at radius 2 is 1.82 bits per heavy atom. The Balaban J connectivity index is 1.98. The van der Waals surface area contributed by atoms with E-state index in [-0.39, 0.29) is 18.3 Å². The van der Waals surface area contributed by atoms with Gasteiger partial charge < -0.3 is 15.7 Å².